The van der Waals surface area contributed by atoms with Gasteiger partial charge in [0, 0.05) is 6.42 Å². The maximum absolute atomic E-state index is 13.1. The fraction of sp³-hybridized carbons (Fsp3) is 0.333. The minimum absolute atomic E-state index is 0.00398. The molecule has 0 aliphatic heterocycles. The number of hydrogen-bond donors (Lipinski definition) is 1. The van der Waals surface area contributed by atoms with Crippen molar-refractivity contribution < 1.29 is 27.1 Å². The Balaban J connectivity index is 1.82. The molecule has 2 aromatic rings. The lowest BCUT2D eigenvalue weighted by Gasteiger charge is -2.14. The molecule has 0 radical (unpaired) electrons. The number of pyridine rings is 1. The lowest BCUT2D eigenvalue weighted by molar-refractivity contribution is -0.153. The Morgan fingerprint density at radius 3 is 2.65 bits per heavy atom. The fourth-order valence-electron chi connectivity index (χ4n) is 2.24. The van der Waals surface area contributed by atoms with Crippen LogP contribution in [-0.4, -0.2) is 23.7 Å². The monoisotopic (exact) mass is 370 g/mol. The molecular formula is C18H18F4N2O2. The second-order valence-electron chi connectivity index (χ2n) is 5.74. The molecule has 1 atom stereocenters. The van der Waals surface area contributed by atoms with Gasteiger partial charge in [0.2, 0.25) is 5.91 Å². The largest absolute Gasteiger partial charge is 0.483 e. The van der Waals surface area contributed by atoms with Crippen LogP contribution in [0.4, 0.5) is 17.6 Å². The summed E-state index contributed by atoms with van der Waals surface area (Å²) in [6.45, 7) is 0.319. The van der Waals surface area contributed by atoms with Crippen molar-refractivity contribution in [3.63, 3.8) is 0 Å². The minimum Gasteiger partial charge on any atom is -0.483 e. The first kappa shape index (κ1) is 19.7. The molecule has 2 rings (SSSR count). The van der Waals surface area contributed by atoms with Crippen LogP contribution in [0.5, 0.6) is 5.75 Å². The summed E-state index contributed by atoms with van der Waals surface area (Å²) in [5, 5.41) is 2.74. The summed E-state index contributed by atoms with van der Waals surface area (Å²) in [7, 11) is 0. The Hall–Kier alpha value is -2.64. The number of nitrogens with one attached hydrogen (secondary N) is 1. The SMILES string of the molecule is CC(NC(=O)CCc1cccc(F)c1)c1ccc(OCC(F)(F)F)cn1. The van der Waals surface area contributed by atoms with Crippen LogP contribution in [0.15, 0.2) is 42.6 Å². The molecular weight excluding hydrogens is 352 g/mol. The van der Waals surface area contributed by atoms with Crippen molar-refractivity contribution in [2.24, 2.45) is 0 Å². The summed E-state index contributed by atoms with van der Waals surface area (Å²) in [6.07, 6.45) is -2.66. The second-order valence-corrected chi connectivity index (χ2v) is 5.74. The average molecular weight is 370 g/mol. The number of carbonyl (C=O) groups excluding carboxylic acids is 1. The molecule has 26 heavy (non-hydrogen) atoms. The predicted octanol–water partition coefficient (Wildman–Crippen LogP) is 3.97. The third-order valence-corrected chi connectivity index (χ3v) is 3.51. The number of aryl methyl sites for hydroxylation is 1. The van der Waals surface area contributed by atoms with E-state index in [1.165, 1.54) is 30.5 Å². The number of hydrogen-bond acceptors (Lipinski definition) is 3. The Labute approximate surface area is 148 Å². The Morgan fingerprint density at radius 1 is 1.27 bits per heavy atom. The summed E-state index contributed by atoms with van der Waals surface area (Å²) in [5.41, 5.74) is 1.21. The van der Waals surface area contributed by atoms with E-state index in [0.717, 1.165) is 5.56 Å². The van der Waals surface area contributed by atoms with Crippen LogP contribution in [0.25, 0.3) is 0 Å². The molecule has 1 N–H and O–H groups in total. The van der Waals surface area contributed by atoms with Crippen molar-refractivity contribution in [2.75, 3.05) is 6.61 Å². The van der Waals surface area contributed by atoms with Gasteiger partial charge in [0.05, 0.1) is 17.9 Å². The highest BCUT2D eigenvalue weighted by atomic mass is 19.4. The van der Waals surface area contributed by atoms with Gasteiger partial charge in [-0.3, -0.25) is 9.78 Å². The average Bonchev–Trinajstić information content (AvgIpc) is 2.58. The molecule has 1 unspecified atom stereocenters. The van der Waals surface area contributed by atoms with Crippen molar-refractivity contribution in [1.29, 1.82) is 0 Å². The fourth-order valence-corrected chi connectivity index (χ4v) is 2.24. The Kier molecular flexibility index (Phi) is 6.54. The summed E-state index contributed by atoms with van der Waals surface area (Å²) >= 11 is 0. The number of rotatable bonds is 7. The molecule has 1 aromatic heterocycles. The molecule has 8 heteroatoms. The van der Waals surface area contributed by atoms with Crippen LogP contribution in [0.2, 0.25) is 0 Å². The third kappa shape index (κ3) is 6.70. The molecule has 0 saturated carbocycles. The lowest BCUT2D eigenvalue weighted by atomic mass is 10.1. The van der Waals surface area contributed by atoms with Gasteiger partial charge in [-0.15, -0.1) is 0 Å². The minimum atomic E-state index is -4.42. The van der Waals surface area contributed by atoms with Crippen LogP contribution >= 0.6 is 0 Å². The number of halogens is 4. The molecule has 1 heterocycles. The van der Waals surface area contributed by atoms with Gasteiger partial charge in [0.25, 0.3) is 0 Å². The molecule has 1 amide bonds. The van der Waals surface area contributed by atoms with E-state index in [1.807, 2.05) is 0 Å². The Morgan fingerprint density at radius 2 is 2.04 bits per heavy atom. The van der Waals surface area contributed by atoms with Gasteiger partial charge >= 0.3 is 6.18 Å². The molecule has 0 aliphatic carbocycles. The van der Waals surface area contributed by atoms with E-state index < -0.39 is 18.8 Å². The molecule has 0 aliphatic rings. The summed E-state index contributed by atoms with van der Waals surface area (Å²) < 4.78 is 54.0. The zero-order valence-electron chi connectivity index (χ0n) is 14.0. The van der Waals surface area contributed by atoms with Crippen LogP contribution in [0.3, 0.4) is 0 Å². The first-order valence-electron chi connectivity index (χ1n) is 7.92. The van der Waals surface area contributed by atoms with Crippen LogP contribution in [0.1, 0.15) is 30.6 Å². The van der Waals surface area contributed by atoms with E-state index in [9.17, 15) is 22.4 Å². The zero-order valence-corrected chi connectivity index (χ0v) is 14.0. The predicted molar refractivity (Wildman–Crippen MR) is 87.1 cm³/mol. The molecule has 140 valence electrons. The lowest BCUT2D eigenvalue weighted by Crippen LogP contribution is -2.27. The van der Waals surface area contributed by atoms with Crippen molar-refractivity contribution in [2.45, 2.75) is 32.0 Å². The van der Waals surface area contributed by atoms with E-state index >= 15 is 0 Å². The molecule has 0 spiro atoms. The first-order chi connectivity index (χ1) is 12.2. The summed E-state index contributed by atoms with van der Waals surface area (Å²) in [5.74, 6) is -0.593. The van der Waals surface area contributed by atoms with Crippen molar-refractivity contribution >= 4 is 5.91 Å². The van der Waals surface area contributed by atoms with E-state index in [1.54, 1.807) is 19.1 Å². The summed E-state index contributed by atoms with van der Waals surface area (Å²) in [4.78, 5) is 16.0. The zero-order chi connectivity index (χ0) is 19.2. The standard InChI is InChI=1S/C18H18F4N2O2/c1-12(16-7-6-15(10-23-16)26-11-18(20,21)22)24-17(25)8-5-13-3-2-4-14(19)9-13/h2-4,6-7,9-10,12H,5,8,11H2,1H3,(H,24,25). The van der Waals surface area contributed by atoms with Crippen LogP contribution in [0, 0.1) is 5.82 Å². The summed E-state index contributed by atoms with van der Waals surface area (Å²) in [6, 6.07) is 8.45. The van der Waals surface area contributed by atoms with Crippen LogP contribution < -0.4 is 10.1 Å². The van der Waals surface area contributed by atoms with E-state index in [4.69, 9.17) is 0 Å². The van der Waals surface area contributed by atoms with Gasteiger partial charge in [0.15, 0.2) is 6.61 Å². The normalized spacial score (nSPS) is 12.5. The molecule has 0 saturated heterocycles. The quantitative estimate of drug-likeness (QED) is 0.751. The smallest absolute Gasteiger partial charge is 0.422 e. The molecule has 0 fully saturated rings. The molecule has 0 bridgehead atoms. The number of aromatic nitrogens is 1. The third-order valence-electron chi connectivity index (χ3n) is 3.51. The van der Waals surface area contributed by atoms with Gasteiger partial charge < -0.3 is 10.1 Å². The van der Waals surface area contributed by atoms with Gasteiger partial charge in [0.1, 0.15) is 11.6 Å². The van der Waals surface area contributed by atoms with Gasteiger partial charge in [-0.25, -0.2) is 4.39 Å². The highest BCUT2D eigenvalue weighted by Gasteiger charge is 2.28. The number of amides is 1. The van der Waals surface area contributed by atoms with E-state index in [0.29, 0.717) is 12.1 Å². The molecule has 1 aromatic carbocycles. The number of carbonyl (C=O) groups is 1. The number of ether oxygens (including phenoxy) is 1. The van der Waals surface area contributed by atoms with Crippen molar-refractivity contribution in [3.05, 3.63) is 59.7 Å². The van der Waals surface area contributed by atoms with Gasteiger partial charge in [-0.05, 0) is 43.2 Å². The Bertz CT molecular complexity index is 733. The maximum atomic E-state index is 13.1. The maximum Gasteiger partial charge on any atom is 0.422 e. The highest BCUT2D eigenvalue weighted by molar-refractivity contribution is 5.76. The van der Waals surface area contributed by atoms with Gasteiger partial charge in [-0.2, -0.15) is 13.2 Å². The molecule has 4 nitrogen and oxygen atoms in total. The highest BCUT2D eigenvalue weighted by Crippen LogP contribution is 2.19. The van der Waals surface area contributed by atoms with Crippen molar-refractivity contribution in [3.8, 4) is 5.75 Å². The number of benzene rings is 1. The van der Waals surface area contributed by atoms with E-state index in [2.05, 4.69) is 15.0 Å². The van der Waals surface area contributed by atoms with Crippen LogP contribution in [-0.2, 0) is 11.2 Å². The topological polar surface area (TPSA) is 51.2 Å². The number of nitrogens with zero attached hydrogens (tertiary/aromatic N) is 1. The van der Waals surface area contributed by atoms with Gasteiger partial charge in [-0.1, -0.05) is 12.1 Å². The number of alkyl halides is 3. The second kappa shape index (κ2) is 8.64. The van der Waals surface area contributed by atoms with Crippen molar-refractivity contribution in [1.82, 2.24) is 10.3 Å². The first-order valence-corrected chi connectivity index (χ1v) is 7.92. The van der Waals surface area contributed by atoms with E-state index in [-0.39, 0.29) is 23.9 Å².